The minimum atomic E-state index is 0.300. The maximum Gasteiger partial charge on any atom is 0.222 e. The fourth-order valence-electron chi connectivity index (χ4n) is 1.09. The molecule has 11 heavy (non-hydrogen) atoms. The molecule has 1 heterocycles. The van der Waals surface area contributed by atoms with Crippen LogP contribution >= 0.6 is 0 Å². The SMILES string of the molecule is CC.C[C@@H]1CCN(C)C(=O)C1. The second kappa shape index (κ2) is 5.16. The second-order valence-electron chi connectivity index (χ2n) is 2.91. The van der Waals surface area contributed by atoms with Crippen LogP contribution in [0.25, 0.3) is 0 Å². The van der Waals surface area contributed by atoms with Crippen LogP contribution in [0, 0.1) is 5.92 Å². The van der Waals surface area contributed by atoms with E-state index in [0.717, 1.165) is 13.0 Å². The van der Waals surface area contributed by atoms with Crippen LogP contribution < -0.4 is 0 Å². The van der Waals surface area contributed by atoms with Crippen molar-refractivity contribution in [2.24, 2.45) is 5.92 Å². The van der Waals surface area contributed by atoms with E-state index in [1.807, 2.05) is 20.9 Å². The minimum absolute atomic E-state index is 0.300. The maximum atomic E-state index is 10.9. The van der Waals surface area contributed by atoms with Crippen LogP contribution in [-0.4, -0.2) is 24.4 Å². The second-order valence-corrected chi connectivity index (χ2v) is 2.91. The third-order valence-electron chi connectivity index (χ3n) is 1.91. The van der Waals surface area contributed by atoms with Gasteiger partial charge in [0.25, 0.3) is 0 Å². The van der Waals surface area contributed by atoms with Gasteiger partial charge in [-0.3, -0.25) is 4.79 Å². The number of nitrogens with zero attached hydrogens (tertiary/aromatic N) is 1. The first kappa shape index (κ1) is 10.5. The lowest BCUT2D eigenvalue weighted by Gasteiger charge is -2.26. The first-order chi connectivity index (χ1) is 5.20. The molecule has 0 unspecified atom stereocenters. The molecule has 0 aliphatic carbocycles. The lowest BCUT2D eigenvalue weighted by molar-refractivity contribution is -0.133. The summed E-state index contributed by atoms with van der Waals surface area (Å²) >= 11 is 0. The predicted molar refractivity (Wildman–Crippen MR) is 47.4 cm³/mol. The molecule has 0 aromatic heterocycles. The predicted octanol–water partition coefficient (Wildman–Crippen LogP) is 1.90. The van der Waals surface area contributed by atoms with Crippen molar-refractivity contribution in [1.29, 1.82) is 0 Å². The highest BCUT2D eigenvalue weighted by atomic mass is 16.2. The molecule has 1 atom stereocenters. The zero-order valence-electron chi connectivity index (χ0n) is 8.05. The lowest BCUT2D eigenvalue weighted by atomic mass is 9.99. The van der Waals surface area contributed by atoms with Crippen LogP contribution in [0.2, 0.25) is 0 Å². The molecule has 66 valence electrons. The van der Waals surface area contributed by atoms with E-state index in [-0.39, 0.29) is 0 Å². The van der Waals surface area contributed by atoms with Gasteiger partial charge < -0.3 is 4.90 Å². The Morgan fingerprint density at radius 3 is 2.36 bits per heavy atom. The standard InChI is InChI=1S/C7H13NO.C2H6/c1-6-3-4-8(2)7(9)5-6;1-2/h6H,3-5H2,1-2H3;1-2H3/t6-;/m1./s1. The Hall–Kier alpha value is -0.530. The monoisotopic (exact) mass is 157 g/mol. The highest BCUT2D eigenvalue weighted by Gasteiger charge is 2.18. The van der Waals surface area contributed by atoms with Crippen LogP contribution in [0.15, 0.2) is 0 Å². The lowest BCUT2D eigenvalue weighted by Crippen LogP contribution is -2.34. The Labute approximate surface area is 69.6 Å². The normalized spacial score (nSPS) is 24.2. The summed E-state index contributed by atoms with van der Waals surface area (Å²) in [4.78, 5) is 12.7. The molecule has 2 heteroatoms. The highest BCUT2D eigenvalue weighted by molar-refractivity contribution is 5.76. The zero-order valence-corrected chi connectivity index (χ0v) is 8.05. The first-order valence-corrected chi connectivity index (χ1v) is 4.44. The van der Waals surface area contributed by atoms with Gasteiger partial charge in [-0.25, -0.2) is 0 Å². The van der Waals surface area contributed by atoms with Gasteiger partial charge in [0.05, 0.1) is 0 Å². The maximum absolute atomic E-state index is 10.9. The Bertz CT molecular complexity index is 123. The third kappa shape index (κ3) is 3.40. The number of hydrogen-bond donors (Lipinski definition) is 0. The summed E-state index contributed by atoms with van der Waals surface area (Å²) in [6.07, 6.45) is 1.92. The summed E-state index contributed by atoms with van der Waals surface area (Å²) in [6, 6.07) is 0. The van der Waals surface area contributed by atoms with Gasteiger partial charge >= 0.3 is 0 Å². The van der Waals surface area contributed by atoms with Gasteiger partial charge in [0.1, 0.15) is 0 Å². The average Bonchev–Trinajstić information content (AvgIpc) is 2.02. The van der Waals surface area contributed by atoms with Crippen molar-refractivity contribution in [2.75, 3.05) is 13.6 Å². The number of rotatable bonds is 0. The van der Waals surface area contributed by atoms with Crippen molar-refractivity contribution in [3.8, 4) is 0 Å². The number of likely N-dealkylation sites (tertiary alicyclic amines) is 1. The van der Waals surface area contributed by atoms with Crippen LogP contribution in [0.4, 0.5) is 0 Å². The summed E-state index contributed by atoms with van der Waals surface area (Å²) < 4.78 is 0. The van der Waals surface area contributed by atoms with Crippen molar-refractivity contribution >= 4 is 5.91 Å². The molecule has 0 N–H and O–H groups in total. The summed E-state index contributed by atoms with van der Waals surface area (Å²) in [5.74, 6) is 0.905. The number of amides is 1. The quantitative estimate of drug-likeness (QED) is 0.526. The van der Waals surface area contributed by atoms with E-state index in [1.54, 1.807) is 4.90 Å². The third-order valence-corrected chi connectivity index (χ3v) is 1.91. The van der Waals surface area contributed by atoms with E-state index in [4.69, 9.17) is 0 Å². The van der Waals surface area contributed by atoms with Gasteiger partial charge in [-0.05, 0) is 12.3 Å². The molecule has 1 amide bonds. The van der Waals surface area contributed by atoms with E-state index in [0.29, 0.717) is 11.8 Å². The van der Waals surface area contributed by atoms with Gasteiger partial charge in [-0.2, -0.15) is 0 Å². The van der Waals surface area contributed by atoms with E-state index >= 15 is 0 Å². The molecule has 2 nitrogen and oxygen atoms in total. The molecule has 0 spiro atoms. The van der Waals surface area contributed by atoms with Crippen LogP contribution in [0.1, 0.15) is 33.6 Å². The first-order valence-electron chi connectivity index (χ1n) is 4.44. The summed E-state index contributed by atoms with van der Waals surface area (Å²) in [6.45, 7) is 7.07. The summed E-state index contributed by atoms with van der Waals surface area (Å²) in [5, 5.41) is 0. The van der Waals surface area contributed by atoms with E-state index in [2.05, 4.69) is 6.92 Å². The number of carbonyl (C=O) groups excluding carboxylic acids is 1. The van der Waals surface area contributed by atoms with Crippen molar-refractivity contribution in [2.45, 2.75) is 33.6 Å². The molecule has 1 aliphatic rings. The van der Waals surface area contributed by atoms with Crippen molar-refractivity contribution in [1.82, 2.24) is 4.90 Å². The zero-order chi connectivity index (χ0) is 8.85. The van der Waals surface area contributed by atoms with Gasteiger partial charge in [0.2, 0.25) is 5.91 Å². The topological polar surface area (TPSA) is 20.3 Å². The van der Waals surface area contributed by atoms with Crippen LogP contribution in [-0.2, 0) is 4.79 Å². The molecule has 0 aromatic rings. The molecule has 1 aliphatic heterocycles. The summed E-state index contributed by atoms with van der Waals surface area (Å²) in [5.41, 5.74) is 0. The Morgan fingerprint density at radius 2 is 2.00 bits per heavy atom. The van der Waals surface area contributed by atoms with Crippen molar-refractivity contribution in [3.05, 3.63) is 0 Å². The summed E-state index contributed by atoms with van der Waals surface area (Å²) in [7, 11) is 1.87. The van der Waals surface area contributed by atoms with Crippen LogP contribution in [0.3, 0.4) is 0 Å². The van der Waals surface area contributed by atoms with E-state index in [1.165, 1.54) is 6.42 Å². The van der Waals surface area contributed by atoms with E-state index < -0.39 is 0 Å². The van der Waals surface area contributed by atoms with Gasteiger partial charge in [-0.15, -0.1) is 0 Å². The molecular formula is C9H19NO. The molecular weight excluding hydrogens is 138 g/mol. The van der Waals surface area contributed by atoms with Crippen molar-refractivity contribution in [3.63, 3.8) is 0 Å². The van der Waals surface area contributed by atoms with E-state index in [9.17, 15) is 4.79 Å². The number of hydrogen-bond acceptors (Lipinski definition) is 1. The van der Waals surface area contributed by atoms with Gasteiger partial charge in [-0.1, -0.05) is 20.8 Å². The largest absolute Gasteiger partial charge is 0.346 e. The molecule has 1 rings (SSSR count). The molecule has 0 radical (unpaired) electrons. The fraction of sp³-hybridized carbons (Fsp3) is 0.889. The molecule has 0 saturated carbocycles. The molecule has 1 saturated heterocycles. The molecule has 0 bridgehead atoms. The molecule has 0 aromatic carbocycles. The van der Waals surface area contributed by atoms with Gasteiger partial charge in [0, 0.05) is 20.0 Å². The Morgan fingerprint density at radius 1 is 1.45 bits per heavy atom. The van der Waals surface area contributed by atoms with Gasteiger partial charge in [0.15, 0.2) is 0 Å². The molecule has 1 fully saturated rings. The smallest absolute Gasteiger partial charge is 0.222 e. The fourth-order valence-corrected chi connectivity index (χ4v) is 1.09. The average molecular weight is 157 g/mol. The highest BCUT2D eigenvalue weighted by Crippen LogP contribution is 2.15. The Balaban J connectivity index is 0.000000461. The minimum Gasteiger partial charge on any atom is -0.346 e. The number of carbonyl (C=O) groups is 1. The Kier molecular flexibility index (Phi) is 4.92. The van der Waals surface area contributed by atoms with Crippen LogP contribution in [0.5, 0.6) is 0 Å². The van der Waals surface area contributed by atoms with Crippen molar-refractivity contribution < 1.29 is 4.79 Å². The number of piperidine rings is 1.